The van der Waals surface area contributed by atoms with Gasteiger partial charge in [-0.25, -0.2) is 9.97 Å². The lowest BCUT2D eigenvalue weighted by atomic mass is 9.48. The lowest BCUT2D eigenvalue weighted by molar-refractivity contribution is -0.0603. The van der Waals surface area contributed by atoms with Crippen LogP contribution >= 0.6 is 0 Å². The van der Waals surface area contributed by atoms with Gasteiger partial charge in [-0.1, -0.05) is 0 Å². The van der Waals surface area contributed by atoms with Crippen LogP contribution in [0.2, 0.25) is 0 Å². The molecule has 0 radical (unpaired) electrons. The summed E-state index contributed by atoms with van der Waals surface area (Å²) in [5, 5.41) is 3.60. The number of hydrogen-bond donors (Lipinski definition) is 2. The second kappa shape index (κ2) is 4.34. The SMILES string of the molecule is CC(Nc1cnc(N)cn1)C12CC3CC(CC(C3)C1)C2. The average molecular weight is 272 g/mol. The zero-order valence-corrected chi connectivity index (χ0v) is 12.2. The summed E-state index contributed by atoms with van der Waals surface area (Å²) >= 11 is 0. The molecular weight excluding hydrogens is 248 g/mol. The van der Waals surface area contributed by atoms with Gasteiger partial charge in [0.15, 0.2) is 0 Å². The van der Waals surface area contributed by atoms with Gasteiger partial charge in [0.1, 0.15) is 11.6 Å². The second-order valence-corrected chi connectivity index (χ2v) is 7.47. The van der Waals surface area contributed by atoms with Crippen molar-refractivity contribution in [1.29, 1.82) is 0 Å². The van der Waals surface area contributed by atoms with Crippen molar-refractivity contribution >= 4 is 11.6 Å². The van der Waals surface area contributed by atoms with Crippen LogP contribution in [0.4, 0.5) is 11.6 Å². The number of rotatable bonds is 3. The number of hydrogen-bond acceptors (Lipinski definition) is 4. The Balaban J connectivity index is 1.53. The molecule has 4 saturated carbocycles. The Kier molecular flexibility index (Phi) is 2.69. The van der Waals surface area contributed by atoms with Crippen LogP contribution in [0.3, 0.4) is 0 Å². The highest BCUT2D eigenvalue weighted by atomic mass is 15.1. The minimum Gasteiger partial charge on any atom is -0.382 e. The number of nitrogens with one attached hydrogen (secondary N) is 1. The Morgan fingerprint density at radius 2 is 1.70 bits per heavy atom. The normalized spacial score (nSPS) is 39.8. The largest absolute Gasteiger partial charge is 0.382 e. The van der Waals surface area contributed by atoms with E-state index in [9.17, 15) is 0 Å². The Labute approximate surface area is 120 Å². The molecule has 1 atom stereocenters. The molecule has 0 amide bonds. The van der Waals surface area contributed by atoms with E-state index in [1.807, 2.05) is 0 Å². The van der Waals surface area contributed by atoms with Gasteiger partial charge >= 0.3 is 0 Å². The van der Waals surface area contributed by atoms with Crippen molar-refractivity contribution in [3.63, 3.8) is 0 Å². The average Bonchev–Trinajstić information content (AvgIpc) is 2.40. The third kappa shape index (κ3) is 1.97. The van der Waals surface area contributed by atoms with Crippen LogP contribution in [-0.4, -0.2) is 16.0 Å². The summed E-state index contributed by atoms with van der Waals surface area (Å²) in [6.07, 6.45) is 12.1. The van der Waals surface area contributed by atoms with Crippen molar-refractivity contribution in [3.05, 3.63) is 12.4 Å². The van der Waals surface area contributed by atoms with E-state index in [-0.39, 0.29) is 0 Å². The molecule has 1 aromatic heterocycles. The van der Waals surface area contributed by atoms with Crippen LogP contribution in [0, 0.1) is 23.2 Å². The molecule has 3 N–H and O–H groups in total. The van der Waals surface area contributed by atoms with Crippen LogP contribution in [0.25, 0.3) is 0 Å². The predicted octanol–water partition coefficient (Wildman–Crippen LogP) is 3.08. The maximum absolute atomic E-state index is 5.60. The van der Waals surface area contributed by atoms with Gasteiger partial charge in [0, 0.05) is 6.04 Å². The summed E-state index contributed by atoms with van der Waals surface area (Å²) in [7, 11) is 0. The minimum atomic E-state index is 0.480. The fourth-order valence-electron chi connectivity index (χ4n) is 5.50. The van der Waals surface area contributed by atoms with Crippen LogP contribution in [-0.2, 0) is 0 Å². The maximum Gasteiger partial charge on any atom is 0.144 e. The topological polar surface area (TPSA) is 63.8 Å². The van der Waals surface area contributed by atoms with Crippen molar-refractivity contribution in [2.75, 3.05) is 11.1 Å². The van der Waals surface area contributed by atoms with E-state index in [2.05, 4.69) is 22.2 Å². The van der Waals surface area contributed by atoms with E-state index in [4.69, 9.17) is 5.73 Å². The van der Waals surface area contributed by atoms with Crippen LogP contribution < -0.4 is 11.1 Å². The first kappa shape index (κ1) is 12.4. The molecule has 4 aliphatic carbocycles. The van der Waals surface area contributed by atoms with Gasteiger partial charge in [0.05, 0.1) is 12.4 Å². The molecule has 4 aliphatic rings. The second-order valence-electron chi connectivity index (χ2n) is 7.47. The molecule has 5 rings (SSSR count). The van der Waals surface area contributed by atoms with Gasteiger partial charge in [0.25, 0.3) is 0 Å². The van der Waals surface area contributed by atoms with Crippen LogP contribution in [0.5, 0.6) is 0 Å². The predicted molar refractivity (Wildman–Crippen MR) is 80.1 cm³/mol. The van der Waals surface area contributed by atoms with Crippen molar-refractivity contribution in [3.8, 4) is 0 Å². The molecule has 4 heteroatoms. The fraction of sp³-hybridized carbons (Fsp3) is 0.750. The Hall–Kier alpha value is -1.32. The molecule has 4 fully saturated rings. The Morgan fingerprint density at radius 3 is 2.20 bits per heavy atom. The third-order valence-electron chi connectivity index (χ3n) is 6.04. The van der Waals surface area contributed by atoms with Gasteiger partial charge in [-0.15, -0.1) is 0 Å². The highest BCUT2D eigenvalue weighted by Gasteiger charge is 2.53. The number of nitrogen functional groups attached to an aromatic ring is 1. The maximum atomic E-state index is 5.60. The smallest absolute Gasteiger partial charge is 0.144 e. The zero-order chi connectivity index (χ0) is 13.7. The minimum absolute atomic E-state index is 0.480. The molecule has 0 aliphatic heterocycles. The van der Waals surface area contributed by atoms with Crippen molar-refractivity contribution in [2.45, 2.75) is 51.5 Å². The molecule has 0 spiro atoms. The number of aromatic nitrogens is 2. The van der Waals surface area contributed by atoms with E-state index in [1.165, 1.54) is 38.5 Å². The highest BCUT2D eigenvalue weighted by Crippen LogP contribution is 2.61. The van der Waals surface area contributed by atoms with E-state index < -0.39 is 0 Å². The zero-order valence-electron chi connectivity index (χ0n) is 12.2. The van der Waals surface area contributed by atoms with Gasteiger partial charge in [0.2, 0.25) is 0 Å². The van der Waals surface area contributed by atoms with Gasteiger partial charge < -0.3 is 11.1 Å². The van der Waals surface area contributed by atoms with E-state index in [1.54, 1.807) is 12.4 Å². The molecule has 4 nitrogen and oxygen atoms in total. The lowest BCUT2D eigenvalue weighted by Gasteiger charge is -2.59. The summed E-state index contributed by atoms with van der Waals surface area (Å²) in [6, 6.07) is 0.480. The molecule has 20 heavy (non-hydrogen) atoms. The van der Waals surface area contributed by atoms with Gasteiger partial charge in [-0.3, -0.25) is 0 Å². The monoisotopic (exact) mass is 272 g/mol. The first-order valence-electron chi connectivity index (χ1n) is 7.97. The summed E-state index contributed by atoms with van der Waals surface area (Å²) in [5.74, 6) is 4.31. The standard InChI is InChI=1S/C16H24N4/c1-10(20-15-9-18-14(17)8-19-15)16-5-11-2-12(6-16)4-13(3-11)7-16/h8-13H,2-7H2,1H3,(H2,17,18)(H,19,20). The van der Waals surface area contributed by atoms with Crippen molar-refractivity contribution < 1.29 is 0 Å². The highest BCUT2D eigenvalue weighted by molar-refractivity contribution is 5.37. The molecule has 0 aromatic carbocycles. The van der Waals surface area contributed by atoms with Crippen molar-refractivity contribution in [1.82, 2.24) is 9.97 Å². The number of anilines is 2. The summed E-state index contributed by atoms with van der Waals surface area (Å²) < 4.78 is 0. The summed E-state index contributed by atoms with van der Waals surface area (Å²) in [4.78, 5) is 8.48. The quantitative estimate of drug-likeness (QED) is 0.887. The van der Waals surface area contributed by atoms with Gasteiger partial charge in [-0.05, 0) is 68.6 Å². The molecule has 1 aromatic rings. The van der Waals surface area contributed by atoms with E-state index in [0.29, 0.717) is 17.3 Å². The third-order valence-corrected chi connectivity index (χ3v) is 6.04. The molecule has 4 bridgehead atoms. The van der Waals surface area contributed by atoms with Crippen LogP contribution in [0.15, 0.2) is 12.4 Å². The molecule has 1 heterocycles. The number of nitrogens with zero attached hydrogens (tertiary/aromatic N) is 2. The Morgan fingerprint density at radius 1 is 1.10 bits per heavy atom. The first-order valence-corrected chi connectivity index (χ1v) is 7.97. The first-order chi connectivity index (χ1) is 9.63. The van der Waals surface area contributed by atoms with Crippen molar-refractivity contribution in [2.24, 2.45) is 23.2 Å². The summed E-state index contributed by atoms with van der Waals surface area (Å²) in [5.41, 5.74) is 6.10. The van der Waals surface area contributed by atoms with Crippen LogP contribution in [0.1, 0.15) is 45.4 Å². The molecule has 108 valence electrons. The molecule has 1 unspecified atom stereocenters. The molecular formula is C16H24N4. The van der Waals surface area contributed by atoms with E-state index >= 15 is 0 Å². The number of nitrogens with two attached hydrogens (primary N) is 1. The summed E-state index contributed by atoms with van der Waals surface area (Å²) in [6.45, 7) is 2.34. The Bertz CT molecular complexity index is 460. The van der Waals surface area contributed by atoms with E-state index in [0.717, 1.165) is 23.6 Å². The van der Waals surface area contributed by atoms with Gasteiger partial charge in [-0.2, -0.15) is 0 Å². The lowest BCUT2D eigenvalue weighted by Crippen LogP contribution is -2.53. The fourth-order valence-corrected chi connectivity index (χ4v) is 5.50. The molecule has 0 saturated heterocycles.